The van der Waals surface area contributed by atoms with Crippen molar-refractivity contribution >= 4 is 12.4 Å². The molecular weight excluding hydrogens is 224 g/mol. The third kappa shape index (κ3) is 5.59. The Kier molecular flexibility index (Phi) is 4.80. The number of hydrogen-bond donors (Lipinski definition) is 2. The first-order chi connectivity index (χ1) is 7.08. The first-order valence-electron chi connectivity index (χ1n) is 4.57. The van der Waals surface area contributed by atoms with Crippen molar-refractivity contribution in [1.29, 1.82) is 0 Å². The summed E-state index contributed by atoms with van der Waals surface area (Å²) in [7, 11) is 0. The second-order valence-corrected chi connectivity index (χ2v) is 4.20. The summed E-state index contributed by atoms with van der Waals surface area (Å²) >= 11 is 0. The van der Waals surface area contributed by atoms with E-state index in [1.165, 1.54) is 26.1 Å². The highest BCUT2D eigenvalue weighted by Crippen LogP contribution is 2.25. The summed E-state index contributed by atoms with van der Waals surface area (Å²) < 4.78 is 31.4. The third-order valence-corrected chi connectivity index (χ3v) is 1.51. The molecule has 0 aromatic carbocycles. The number of halogens is 2. The molecule has 0 aliphatic carbocycles. The molecule has 94 valence electrons. The van der Waals surface area contributed by atoms with Crippen LogP contribution in [0.3, 0.4) is 0 Å². The highest BCUT2D eigenvalue weighted by molar-refractivity contribution is 5.67. The molecule has 1 amide bonds. The van der Waals surface area contributed by atoms with Crippen LogP contribution in [0.25, 0.3) is 0 Å². The van der Waals surface area contributed by atoms with Gasteiger partial charge in [-0.1, -0.05) is 0 Å². The van der Waals surface area contributed by atoms with Crippen LogP contribution in [-0.4, -0.2) is 35.2 Å². The van der Waals surface area contributed by atoms with E-state index < -0.39 is 30.1 Å². The molecule has 2 N–H and O–H groups in total. The number of carboxylic acid groups (broad SMARTS) is 1. The maximum Gasteiger partial charge on any atom is 0.351 e. The maximum absolute atomic E-state index is 13.2. The molecule has 0 saturated heterocycles. The van der Waals surface area contributed by atoms with Gasteiger partial charge in [0.05, 0.1) is 12.0 Å². The summed E-state index contributed by atoms with van der Waals surface area (Å²) in [5.74, 6) is -1.43. The van der Waals surface area contributed by atoms with E-state index >= 15 is 0 Å². The quantitative estimate of drug-likeness (QED) is 0.535. The van der Waals surface area contributed by atoms with Crippen molar-refractivity contribution in [3.63, 3.8) is 0 Å². The molecule has 0 bridgehead atoms. The lowest BCUT2D eigenvalue weighted by Crippen LogP contribution is -2.51. The van der Waals surface area contributed by atoms with Gasteiger partial charge in [0.25, 0.3) is 0 Å². The minimum Gasteiger partial charge on any atom is -0.481 e. The number of ether oxygens (including phenoxy) is 1. The number of rotatable bonds is 6. The number of carbonyl (C=O) groups is 2. The molecule has 0 aliphatic heterocycles. The molecule has 0 spiro atoms. The topological polar surface area (TPSA) is 75.6 Å². The summed E-state index contributed by atoms with van der Waals surface area (Å²) in [4.78, 5) is 20.4. The Balaban J connectivity index is 4.78. The molecule has 7 heteroatoms. The second-order valence-electron chi connectivity index (χ2n) is 4.20. The Morgan fingerprint density at radius 3 is 2.31 bits per heavy atom. The van der Waals surface area contributed by atoms with Gasteiger partial charge in [-0.2, -0.15) is 8.78 Å². The van der Waals surface area contributed by atoms with E-state index in [1.807, 2.05) is 0 Å². The van der Waals surface area contributed by atoms with Crippen LogP contribution in [0.15, 0.2) is 0 Å². The van der Waals surface area contributed by atoms with Crippen LogP contribution in [0.1, 0.15) is 27.2 Å². The number of hydrogen-bond acceptors (Lipinski definition) is 3. The Morgan fingerprint density at radius 1 is 1.50 bits per heavy atom. The van der Waals surface area contributed by atoms with E-state index in [-0.39, 0.29) is 6.41 Å². The molecule has 1 unspecified atom stereocenters. The molecule has 1 atom stereocenters. The molecule has 5 nitrogen and oxygen atoms in total. The lowest BCUT2D eigenvalue weighted by Gasteiger charge is -2.31. The summed E-state index contributed by atoms with van der Waals surface area (Å²) in [5.41, 5.74) is -0.936. The highest BCUT2D eigenvalue weighted by Gasteiger charge is 2.43. The molecule has 16 heavy (non-hydrogen) atoms. The number of carboxylic acids is 1. The van der Waals surface area contributed by atoms with Gasteiger partial charge in [0, 0.05) is 0 Å². The molecule has 0 rings (SSSR count). The normalized spacial score (nSPS) is 14.3. The number of amides is 1. The average molecular weight is 239 g/mol. The zero-order chi connectivity index (χ0) is 13.0. The maximum atomic E-state index is 13.2. The molecule has 0 aromatic heterocycles. The predicted molar refractivity (Wildman–Crippen MR) is 51.0 cm³/mol. The Morgan fingerprint density at radius 2 is 2.00 bits per heavy atom. The monoisotopic (exact) mass is 239 g/mol. The van der Waals surface area contributed by atoms with Crippen LogP contribution in [0.5, 0.6) is 0 Å². The van der Waals surface area contributed by atoms with Crippen LogP contribution in [-0.2, 0) is 14.3 Å². The predicted octanol–water partition coefficient (Wildman–Crippen LogP) is 0.984. The van der Waals surface area contributed by atoms with E-state index in [9.17, 15) is 18.4 Å². The fourth-order valence-corrected chi connectivity index (χ4v) is 1.00. The van der Waals surface area contributed by atoms with Crippen LogP contribution in [0.4, 0.5) is 8.78 Å². The third-order valence-electron chi connectivity index (χ3n) is 1.51. The van der Waals surface area contributed by atoms with E-state index in [0.717, 1.165) is 0 Å². The molecule has 0 heterocycles. The number of aliphatic carboxylic acids is 1. The van der Waals surface area contributed by atoms with Gasteiger partial charge in [-0.25, -0.2) is 0 Å². The summed E-state index contributed by atoms with van der Waals surface area (Å²) in [6.45, 7) is 4.54. The van der Waals surface area contributed by atoms with Crippen molar-refractivity contribution in [2.24, 2.45) is 0 Å². The zero-order valence-electron chi connectivity index (χ0n) is 9.29. The molecule has 0 saturated carbocycles. The molecule has 0 aromatic rings. The van der Waals surface area contributed by atoms with Crippen molar-refractivity contribution in [3.8, 4) is 0 Å². The minimum absolute atomic E-state index is 0.194. The van der Waals surface area contributed by atoms with Gasteiger partial charge in [0.2, 0.25) is 6.41 Å². The van der Waals surface area contributed by atoms with Crippen molar-refractivity contribution in [3.05, 3.63) is 0 Å². The van der Waals surface area contributed by atoms with Crippen LogP contribution < -0.4 is 5.32 Å². The van der Waals surface area contributed by atoms with Gasteiger partial charge < -0.3 is 9.84 Å². The fourth-order valence-electron chi connectivity index (χ4n) is 1.00. The number of alkyl halides is 2. The standard InChI is InChI=1S/C9H15F2NO4/c1-8(2,3)16-6(4-7(14)15)9(10,11)12-5-13/h5-6H,4H2,1-3H3,(H,12,13)(H,14,15). The summed E-state index contributed by atoms with van der Waals surface area (Å²) in [5, 5.41) is 9.73. The fraction of sp³-hybridized carbons (Fsp3) is 0.778. The summed E-state index contributed by atoms with van der Waals surface area (Å²) in [6.07, 6.45) is -3.00. The van der Waals surface area contributed by atoms with E-state index in [1.54, 1.807) is 0 Å². The van der Waals surface area contributed by atoms with Crippen molar-refractivity contribution in [2.75, 3.05) is 0 Å². The molecular formula is C9H15F2NO4. The number of carbonyl (C=O) groups excluding carboxylic acids is 1. The zero-order valence-corrected chi connectivity index (χ0v) is 9.29. The SMILES string of the molecule is CC(C)(C)OC(CC(=O)O)C(F)(F)NC=O. The van der Waals surface area contributed by atoms with Gasteiger partial charge in [0.15, 0.2) is 6.10 Å². The van der Waals surface area contributed by atoms with Gasteiger partial charge in [-0.3, -0.25) is 14.9 Å². The van der Waals surface area contributed by atoms with Gasteiger partial charge in [0.1, 0.15) is 0 Å². The Bertz CT molecular complexity index is 263. The van der Waals surface area contributed by atoms with Crippen LogP contribution >= 0.6 is 0 Å². The lowest BCUT2D eigenvalue weighted by atomic mass is 10.1. The largest absolute Gasteiger partial charge is 0.481 e. The van der Waals surface area contributed by atoms with Gasteiger partial charge in [-0.15, -0.1) is 0 Å². The van der Waals surface area contributed by atoms with E-state index in [4.69, 9.17) is 9.84 Å². The Hall–Kier alpha value is -1.24. The molecule has 0 aliphatic rings. The lowest BCUT2D eigenvalue weighted by molar-refractivity contribution is -0.200. The Labute approximate surface area is 91.8 Å². The van der Waals surface area contributed by atoms with E-state index in [2.05, 4.69) is 0 Å². The first kappa shape index (κ1) is 14.8. The van der Waals surface area contributed by atoms with Crippen molar-refractivity contribution in [2.45, 2.75) is 44.9 Å². The molecule has 0 fully saturated rings. The average Bonchev–Trinajstić information content (AvgIpc) is 1.98. The van der Waals surface area contributed by atoms with Crippen LogP contribution in [0.2, 0.25) is 0 Å². The minimum atomic E-state index is -3.71. The van der Waals surface area contributed by atoms with E-state index in [0.29, 0.717) is 0 Å². The smallest absolute Gasteiger partial charge is 0.351 e. The van der Waals surface area contributed by atoms with Crippen molar-refractivity contribution < 1.29 is 28.2 Å². The summed E-state index contributed by atoms with van der Waals surface area (Å²) in [6, 6.07) is -3.71. The molecule has 0 radical (unpaired) electrons. The second kappa shape index (κ2) is 5.20. The van der Waals surface area contributed by atoms with Gasteiger partial charge >= 0.3 is 12.0 Å². The number of nitrogens with one attached hydrogen (secondary N) is 1. The van der Waals surface area contributed by atoms with Crippen LogP contribution in [0, 0.1) is 0 Å². The van der Waals surface area contributed by atoms with Crippen molar-refractivity contribution in [1.82, 2.24) is 5.32 Å². The van der Waals surface area contributed by atoms with Gasteiger partial charge in [-0.05, 0) is 20.8 Å². The first-order valence-corrected chi connectivity index (χ1v) is 4.57. The highest BCUT2D eigenvalue weighted by atomic mass is 19.3.